The number of benzene rings is 1. The van der Waals surface area contributed by atoms with Crippen LogP contribution in [-0.2, 0) is 11.2 Å². The molecule has 0 fully saturated rings. The van der Waals surface area contributed by atoms with Crippen LogP contribution in [-0.4, -0.2) is 23.9 Å². The number of hydrogen-bond acceptors (Lipinski definition) is 4. The maximum Gasteiger partial charge on any atom is 0.573 e. The van der Waals surface area contributed by atoms with E-state index in [4.69, 9.17) is 10.5 Å². The van der Waals surface area contributed by atoms with E-state index in [1.807, 2.05) is 0 Å². The Hall–Kier alpha value is -1.47. The molecule has 108 valence electrons. The summed E-state index contributed by atoms with van der Waals surface area (Å²) < 4.78 is 44.9. The van der Waals surface area contributed by atoms with Gasteiger partial charge in [0.2, 0.25) is 0 Å². The van der Waals surface area contributed by atoms with E-state index >= 15 is 0 Å². The van der Waals surface area contributed by atoms with Crippen LogP contribution < -0.4 is 10.5 Å². The van der Waals surface area contributed by atoms with Crippen molar-refractivity contribution >= 4 is 5.69 Å². The van der Waals surface area contributed by atoms with Crippen molar-refractivity contribution in [2.75, 3.05) is 12.3 Å². The van der Waals surface area contributed by atoms with E-state index in [0.29, 0.717) is 12.2 Å². The second kappa shape index (κ2) is 5.66. The monoisotopic (exact) mass is 279 g/mol. The smallest absolute Gasteiger partial charge is 0.406 e. The highest BCUT2D eigenvalue weighted by atomic mass is 19.4. The largest absolute Gasteiger partial charge is 0.573 e. The molecule has 0 aliphatic rings. The SMILES string of the molecule is CCOC(C)(O)Cc1ccc(OC(F)(F)F)cc1N. The molecule has 1 unspecified atom stereocenters. The molecule has 0 aliphatic carbocycles. The predicted octanol–water partition coefficient (Wildman–Crippen LogP) is 2.45. The van der Waals surface area contributed by atoms with Gasteiger partial charge in [-0.05, 0) is 25.5 Å². The van der Waals surface area contributed by atoms with Gasteiger partial charge in [-0.25, -0.2) is 0 Å². The Morgan fingerprint density at radius 3 is 2.42 bits per heavy atom. The van der Waals surface area contributed by atoms with Gasteiger partial charge >= 0.3 is 6.36 Å². The lowest BCUT2D eigenvalue weighted by molar-refractivity contribution is -0.274. The van der Waals surface area contributed by atoms with Gasteiger partial charge in [-0.3, -0.25) is 0 Å². The number of alkyl halides is 3. The third-order valence-electron chi connectivity index (χ3n) is 2.32. The Bertz CT molecular complexity index is 433. The van der Waals surface area contributed by atoms with Crippen molar-refractivity contribution < 1.29 is 27.8 Å². The zero-order valence-electron chi connectivity index (χ0n) is 10.6. The maximum absolute atomic E-state index is 12.0. The zero-order valence-corrected chi connectivity index (χ0v) is 10.6. The molecule has 0 heterocycles. The first kappa shape index (κ1) is 15.6. The first-order valence-electron chi connectivity index (χ1n) is 5.63. The topological polar surface area (TPSA) is 64.7 Å². The molecule has 1 aromatic carbocycles. The van der Waals surface area contributed by atoms with Gasteiger partial charge in [-0.2, -0.15) is 0 Å². The van der Waals surface area contributed by atoms with Gasteiger partial charge in [0.1, 0.15) is 5.75 Å². The highest BCUT2D eigenvalue weighted by molar-refractivity contribution is 5.51. The van der Waals surface area contributed by atoms with Crippen molar-refractivity contribution in [1.82, 2.24) is 0 Å². The first-order valence-corrected chi connectivity index (χ1v) is 5.63. The molecule has 0 amide bonds. The Kier molecular flexibility index (Phi) is 4.65. The highest BCUT2D eigenvalue weighted by Gasteiger charge is 2.31. The third-order valence-corrected chi connectivity index (χ3v) is 2.32. The van der Waals surface area contributed by atoms with Crippen LogP contribution in [0.25, 0.3) is 0 Å². The number of hydrogen-bond donors (Lipinski definition) is 2. The van der Waals surface area contributed by atoms with Crippen LogP contribution in [0.3, 0.4) is 0 Å². The maximum atomic E-state index is 12.0. The molecule has 19 heavy (non-hydrogen) atoms. The molecule has 0 aliphatic heterocycles. The summed E-state index contributed by atoms with van der Waals surface area (Å²) in [5.41, 5.74) is 6.21. The summed E-state index contributed by atoms with van der Waals surface area (Å²) in [7, 11) is 0. The van der Waals surface area contributed by atoms with Crippen LogP contribution >= 0.6 is 0 Å². The summed E-state index contributed by atoms with van der Waals surface area (Å²) in [6.07, 6.45) is -4.69. The van der Waals surface area contributed by atoms with E-state index in [9.17, 15) is 18.3 Å². The molecule has 3 N–H and O–H groups in total. The van der Waals surface area contributed by atoms with Crippen molar-refractivity contribution in [2.24, 2.45) is 0 Å². The van der Waals surface area contributed by atoms with E-state index in [1.54, 1.807) is 6.92 Å². The van der Waals surface area contributed by atoms with E-state index < -0.39 is 17.9 Å². The number of aliphatic hydroxyl groups is 1. The molecule has 1 atom stereocenters. The molecule has 1 rings (SSSR count). The summed E-state index contributed by atoms with van der Waals surface area (Å²) in [4.78, 5) is 0. The predicted molar refractivity (Wildman–Crippen MR) is 63.5 cm³/mol. The third kappa shape index (κ3) is 5.35. The normalized spacial score (nSPS) is 15.1. The van der Waals surface area contributed by atoms with Crippen LogP contribution in [0, 0.1) is 0 Å². The summed E-state index contributed by atoms with van der Waals surface area (Å²) in [6.45, 7) is 3.48. The van der Waals surface area contributed by atoms with Gasteiger partial charge in [-0.15, -0.1) is 13.2 Å². The van der Waals surface area contributed by atoms with Crippen LogP contribution in [0.2, 0.25) is 0 Å². The molecule has 0 bridgehead atoms. The van der Waals surface area contributed by atoms with Crippen LogP contribution in [0.4, 0.5) is 18.9 Å². The zero-order chi connectivity index (χ0) is 14.7. The summed E-state index contributed by atoms with van der Waals surface area (Å²) in [5, 5.41) is 9.86. The average Bonchev–Trinajstić information content (AvgIpc) is 2.19. The Morgan fingerprint density at radius 1 is 1.32 bits per heavy atom. The molecule has 0 spiro atoms. The Labute approximate surface area is 108 Å². The van der Waals surface area contributed by atoms with Gasteiger partial charge < -0.3 is 20.3 Å². The van der Waals surface area contributed by atoms with Crippen molar-refractivity contribution in [3.63, 3.8) is 0 Å². The number of nitrogen functional groups attached to an aromatic ring is 1. The molecule has 0 aromatic heterocycles. The standard InChI is InChI=1S/C12H16F3NO3/c1-3-18-11(2,17)7-8-4-5-9(6-10(8)16)19-12(13,14)15/h4-6,17H,3,7,16H2,1-2H3. The minimum Gasteiger partial charge on any atom is -0.406 e. The van der Waals surface area contributed by atoms with Crippen molar-refractivity contribution in [3.05, 3.63) is 23.8 Å². The fourth-order valence-electron chi connectivity index (χ4n) is 1.65. The van der Waals surface area contributed by atoms with Crippen LogP contribution in [0.5, 0.6) is 5.75 Å². The van der Waals surface area contributed by atoms with Crippen molar-refractivity contribution in [3.8, 4) is 5.75 Å². The molecular weight excluding hydrogens is 263 g/mol. The molecule has 7 heteroatoms. The quantitative estimate of drug-likeness (QED) is 0.642. The second-order valence-electron chi connectivity index (χ2n) is 4.19. The van der Waals surface area contributed by atoms with E-state index in [0.717, 1.165) is 12.1 Å². The summed E-state index contributed by atoms with van der Waals surface area (Å²) >= 11 is 0. The van der Waals surface area contributed by atoms with Crippen LogP contribution in [0.15, 0.2) is 18.2 Å². The number of anilines is 1. The molecule has 0 saturated carbocycles. The van der Waals surface area contributed by atoms with E-state index in [-0.39, 0.29) is 12.1 Å². The number of rotatable bonds is 5. The molecule has 4 nitrogen and oxygen atoms in total. The first-order chi connectivity index (χ1) is 8.63. The summed E-state index contributed by atoms with van der Waals surface area (Å²) in [6, 6.07) is 3.57. The Balaban J connectivity index is 2.83. The molecular formula is C12H16F3NO3. The lowest BCUT2D eigenvalue weighted by Crippen LogP contribution is -2.31. The highest BCUT2D eigenvalue weighted by Crippen LogP contribution is 2.28. The fourth-order valence-corrected chi connectivity index (χ4v) is 1.65. The van der Waals surface area contributed by atoms with Crippen LogP contribution in [0.1, 0.15) is 19.4 Å². The Morgan fingerprint density at radius 2 is 1.95 bits per heavy atom. The minimum absolute atomic E-state index is 0.0684. The van der Waals surface area contributed by atoms with E-state index in [1.165, 1.54) is 13.0 Å². The number of nitrogens with two attached hydrogens (primary N) is 1. The van der Waals surface area contributed by atoms with Crippen molar-refractivity contribution in [2.45, 2.75) is 32.4 Å². The van der Waals surface area contributed by atoms with Gasteiger partial charge in [0.25, 0.3) is 0 Å². The van der Waals surface area contributed by atoms with E-state index in [2.05, 4.69) is 4.74 Å². The van der Waals surface area contributed by atoms with Crippen molar-refractivity contribution in [1.29, 1.82) is 0 Å². The molecule has 0 saturated heterocycles. The lowest BCUT2D eigenvalue weighted by atomic mass is 10.0. The minimum atomic E-state index is -4.76. The number of halogens is 3. The van der Waals surface area contributed by atoms with Gasteiger partial charge in [0.05, 0.1) is 0 Å². The second-order valence-corrected chi connectivity index (χ2v) is 4.19. The summed E-state index contributed by atoms with van der Waals surface area (Å²) in [5.74, 6) is -1.82. The van der Waals surface area contributed by atoms with Gasteiger partial charge in [0.15, 0.2) is 5.79 Å². The number of ether oxygens (including phenoxy) is 2. The lowest BCUT2D eigenvalue weighted by Gasteiger charge is -2.24. The fraction of sp³-hybridized carbons (Fsp3) is 0.500. The average molecular weight is 279 g/mol. The van der Waals surface area contributed by atoms with Gasteiger partial charge in [-0.1, -0.05) is 6.07 Å². The van der Waals surface area contributed by atoms with Gasteiger partial charge in [0, 0.05) is 24.8 Å². The molecule has 1 aromatic rings. The molecule has 0 radical (unpaired) electrons.